The molecule has 5 aromatic rings. The molecule has 0 saturated carbocycles. The van der Waals surface area contributed by atoms with Crippen LogP contribution >= 0.6 is 24.8 Å². The summed E-state index contributed by atoms with van der Waals surface area (Å²) in [5, 5.41) is 25.0. The lowest BCUT2D eigenvalue weighted by Gasteiger charge is -2.14. The molecule has 0 fully saturated rings. The Balaban J connectivity index is 0.00000152. The molecule has 0 amide bonds. The molecule has 0 aliphatic carbocycles. The van der Waals surface area contributed by atoms with Crippen molar-refractivity contribution >= 4 is 41.4 Å². The second kappa shape index (κ2) is 10.2. The first kappa shape index (κ1) is 25.0. The molecule has 9 heteroatoms. The van der Waals surface area contributed by atoms with Crippen LogP contribution in [0.3, 0.4) is 0 Å². The fraction of sp³-hybridized carbons (Fsp3) is 0.111. The topological polar surface area (TPSA) is 89.8 Å². The second-order valence-electron chi connectivity index (χ2n) is 8.35. The lowest BCUT2D eigenvalue weighted by atomic mass is 10.1. The monoisotopic (exact) mass is 517 g/mol. The van der Waals surface area contributed by atoms with Gasteiger partial charge in [-0.2, -0.15) is 5.26 Å². The van der Waals surface area contributed by atoms with Gasteiger partial charge in [0.05, 0.1) is 17.3 Å². The van der Waals surface area contributed by atoms with Gasteiger partial charge in [0.25, 0.3) is 0 Å². The Bertz CT molecular complexity index is 1640. The number of imidazole rings is 1. The number of nitrogens with zero attached hydrogens (tertiary/aromatic N) is 5. The number of aromatic nitrogens is 3. The number of halogens is 2. The summed E-state index contributed by atoms with van der Waals surface area (Å²) >= 11 is 0. The Morgan fingerprint density at radius 3 is 2.56 bits per heavy atom. The second-order valence-corrected chi connectivity index (χ2v) is 8.35. The number of fused-ring (bicyclic) bond motifs is 4. The predicted molar refractivity (Wildman–Crippen MR) is 142 cm³/mol. The minimum Gasteiger partial charge on any atom is -0.710 e. The predicted octanol–water partition coefficient (Wildman–Crippen LogP) is 5.13. The van der Waals surface area contributed by atoms with Crippen LogP contribution in [-0.4, -0.2) is 14.5 Å². The van der Waals surface area contributed by atoms with Crippen molar-refractivity contribution in [2.24, 2.45) is 0 Å². The highest BCUT2D eigenvalue weighted by molar-refractivity contribution is 5.85. The van der Waals surface area contributed by atoms with E-state index < -0.39 is 0 Å². The van der Waals surface area contributed by atoms with Crippen LogP contribution < -0.4 is 14.8 Å². The molecule has 3 aromatic carbocycles. The summed E-state index contributed by atoms with van der Waals surface area (Å²) in [5.41, 5.74) is 3.55. The van der Waals surface area contributed by atoms with Crippen molar-refractivity contribution in [3.8, 4) is 17.6 Å². The summed E-state index contributed by atoms with van der Waals surface area (Å²) in [6.45, 7) is 0.606. The van der Waals surface area contributed by atoms with Crippen LogP contribution in [0.25, 0.3) is 10.8 Å². The van der Waals surface area contributed by atoms with Crippen LogP contribution in [0.4, 0.5) is 5.82 Å². The molecule has 2 aromatic heterocycles. The van der Waals surface area contributed by atoms with E-state index in [1.807, 2.05) is 55.0 Å². The Labute approximate surface area is 219 Å². The highest BCUT2D eigenvalue weighted by atomic mass is 35.5. The van der Waals surface area contributed by atoms with Crippen LogP contribution in [0.1, 0.15) is 22.4 Å². The average Bonchev–Trinajstić information content (AvgIpc) is 3.31. The van der Waals surface area contributed by atoms with Gasteiger partial charge in [0.1, 0.15) is 29.1 Å². The number of ether oxygens (including phenoxy) is 1. The third-order valence-electron chi connectivity index (χ3n) is 6.16. The lowest BCUT2D eigenvalue weighted by molar-refractivity contribution is 0.485. The van der Waals surface area contributed by atoms with Gasteiger partial charge in [-0.25, -0.2) is 9.72 Å². The van der Waals surface area contributed by atoms with Crippen LogP contribution in [-0.2, 0) is 19.4 Å². The molecule has 0 spiro atoms. The van der Waals surface area contributed by atoms with E-state index in [4.69, 9.17) is 4.74 Å². The maximum Gasteiger partial charge on any atom is 0.326 e. The van der Waals surface area contributed by atoms with Crippen molar-refractivity contribution in [2.45, 2.75) is 19.4 Å². The molecular weight excluding hydrogens is 497 g/mol. The molecule has 0 unspecified atom stereocenters. The fourth-order valence-corrected chi connectivity index (χ4v) is 4.32. The van der Waals surface area contributed by atoms with Crippen molar-refractivity contribution in [1.29, 1.82) is 5.26 Å². The number of aryl methyl sites for hydroxylation is 2. The van der Waals surface area contributed by atoms with Gasteiger partial charge >= 0.3 is 5.82 Å². The van der Waals surface area contributed by atoms with Crippen molar-refractivity contribution in [3.63, 3.8) is 0 Å². The number of pyridine rings is 1. The largest absolute Gasteiger partial charge is 0.710 e. The molecule has 0 saturated heterocycles. The molecule has 36 heavy (non-hydrogen) atoms. The van der Waals surface area contributed by atoms with Crippen LogP contribution in [0.15, 0.2) is 79.4 Å². The molecule has 0 radical (unpaired) electrons. The summed E-state index contributed by atoms with van der Waals surface area (Å²) < 4.78 is 9.18. The molecule has 2 aliphatic rings. The standard InChI is InChI=1S/C27H19N5O2.2ClH/c28-13-21-6-1-20-12-26(21)34-25-9-4-18-3-8-24(23(25)11-18)32(33)27-10-5-19(14-30-27)2-7-22-15-29-17-31(22)16-20;;/h1,3-6,8-12,14-15,17H,2,7,16H2;2*1H/b32-24+;;. The minimum absolute atomic E-state index is 0. The molecule has 2 aliphatic heterocycles. The van der Waals surface area contributed by atoms with Gasteiger partial charge in [-0.05, 0) is 70.7 Å². The number of benzene rings is 3. The van der Waals surface area contributed by atoms with E-state index in [1.165, 1.54) is 0 Å². The quantitative estimate of drug-likeness (QED) is 0.210. The van der Waals surface area contributed by atoms with Gasteiger partial charge in [-0.1, -0.05) is 18.2 Å². The summed E-state index contributed by atoms with van der Waals surface area (Å²) in [4.78, 5) is 8.75. The average molecular weight is 518 g/mol. The van der Waals surface area contributed by atoms with Crippen molar-refractivity contribution < 1.29 is 4.74 Å². The number of hydrogen-bond acceptors (Lipinski definition) is 5. The molecule has 0 N–H and O–H groups in total. The van der Waals surface area contributed by atoms with Crippen molar-refractivity contribution in [2.75, 3.05) is 0 Å². The zero-order valence-electron chi connectivity index (χ0n) is 19.0. The number of hydrogen-bond donors (Lipinski definition) is 0. The fourth-order valence-electron chi connectivity index (χ4n) is 4.32. The first-order valence-electron chi connectivity index (χ1n) is 11.0. The summed E-state index contributed by atoms with van der Waals surface area (Å²) in [6.07, 6.45) is 7.00. The van der Waals surface area contributed by atoms with Crippen LogP contribution in [0.2, 0.25) is 0 Å². The number of nitriles is 1. The van der Waals surface area contributed by atoms with Gasteiger partial charge in [0.15, 0.2) is 0 Å². The van der Waals surface area contributed by atoms with Crippen LogP contribution in [0, 0.1) is 16.5 Å². The van der Waals surface area contributed by atoms with Crippen LogP contribution in [0.5, 0.6) is 11.5 Å². The normalized spacial score (nSPS) is 14.0. The van der Waals surface area contributed by atoms with E-state index in [0.29, 0.717) is 40.2 Å². The number of rotatable bonds is 0. The maximum absolute atomic E-state index is 13.3. The smallest absolute Gasteiger partial charge is 0.326 e. The van der Waals surface area contributed by atoms with Gasteiger partial charge in [0.2, 0.25) is 0 Å². The van der Waals surface area contributed by atoms with Crippen molar-refractivity contribution in [1.82, 2.24) is 19.3 Å². The lowest BCUT2D eigenvalue weighted by Crippen LogP contribution is -2.21. The minimum atomic E-state index is 0. The molecule has 6 bridgehead atoms. The summed E-state index contributed by atoms with van der Waals surface area (Å²) in [7, 11) is 0. The molecule has 0 atom stereocenters. The van der Waals surface area contributed by atoms with Gasteiger partial charge in [0, 0.05) is 24.5 Å². The van der Waals surface area contributed by atoms with E-state index in [0.717, 1.165) is 39.8 Å². The highest BCUT2D eigenvalue weighted by Gasteiger charge is 2.14. The Morgan fingerprint density at radius 2 is 1.75 bits per heavy atom. The third kappa shape index (κ3) is 4.57. The first-order chi connectivity index (χ1) is 16.7. The van der Waals surface area contributed by atoms with E-state index in [-0.39, 0.29) is 24.8 Å². The zero-order valence-corrected chi connectivity index (χ0v) is 20.6. The Hall–Kier alpha value is -4.12. The first-order valence-corrected chi connectivity index (χ1v) is 11.0. The van der Waals surface area contributed by atoms with Gasteiger partial charge in [-0.3, -0.25) is 0 Å². The Kier molecular flexibility index (Phi) is 7.11. The van der Waals surface area contributed by atoms with E-state index in [1.54, 1.807) is 24.4 Å². The molecule has 7 nitrogen and oxygen atoms in total. The zero-order chi connectivity index (χ0) is 23.1. The molecule has 180 valence electrons. The van der Waals surface area contributed by atoms with Crippen molar-refractivity contribution in [3.05, 3.63) is 112 Å². The molecule has 4 heterocycles. The molecular formula is C27H21Cl2N5O2. The maximum atomic E-state index is 13.3. The molecule has 7 rings (SSSR count). The van der Waals surface area contributed by atoms with Gasteiger partial charge < -0.3 is 14.5 Å². The van der Waals surface area contributed by atoms with E-state index in [2.05, 4.69) is 20.6 Å². The SMILES string of the molecule is Cl.Cl.N#Cc1ccc2cc1Oc1ccc3cc/c(c1c3)=[N+](\[O-])c1ccc(cn1)CCc1cncn1C2. The highest BCUT2D eigenvalue weighted by Crippen LogP contribution is 2.30. The van der Waals surface area contributed by atoms with E-state index >= 15 is 0 Å². The van der Waals surface area contributed by atoms with E-state index in [9.17, 15) is 10.5 Å². The van der Waals surface area contributed by atoms with Gasteiger partial charge in [-0.15, -0.1) is 24.8 Å². The summed E-state index contributed by atoms with van der Waals surface area (Å²) in [5.74, 6) is 1.25. The third-order valence-corrected chi connectivity index (χ3v) is 6.16. The summed E-state index contributed by atoms with van der Waals surface area (Å²) in [6, 6.07) is 20.8. The Morgan fingerprint density at radius 1 is 0.917 bits per heavy atom.